The van der Waals surface area contributed by atoms with Crippen LogP contribution < -0.4 is 0 Å². The van der Waals surface area contributed by atoms with Gasteiger partial charge in [-0.05, 0) is 71.8 Å². The molecule has 3 nitrogen and oxygen atoms in total. The zero-order valence-corrected chi connectivity index (χ0v) is 27.7. The number of hydrogen-bond acceptors (Lipinski definition) is 0. The lowest BCUT2D eigenvalue weighted by Crippen LogP contribution is -1.98. The van der Waals surface area contributed by atoms with Crippen LogP contribution in [0, 0.1) is 0 Å². The van der Waals surface area contributed by atoms with Gasteiger partial charge in [-0.15, -0.1) is 0 Å². The van der Waals surface area contributed by atoms with E-state index in [4.69, 9.17) is 0 Å². The van der Waals surface area contributed by atoms with Gasteiger partial charge < -0.3 is 13.7 Å². The third-order valence-corrected chi connectivity index (χ3v) is 10.6. The van der Waals surface area contributed by atoms with E-state index in [0.29, 0.717) is 0 Å². The van der Waals surface area contributed by atoms with Crippen molar-refractivity contribution in [3.05, 3.63) is 188 Å². The van der Waals surface area contributed by atoms with Crippen LogP contribution in [0.15, 0.2) is 188 Å². The molecule has 0 aliphatic heterocycles. The molecule has 238 valence electrons. The fourth-order valence-corrected chi connectivity index (χ4v) is 8.41. The molecule has 0 spiro atoms. The molecule has 51 heavy (non-hydrogen) atoms. The first kappa shape index (κ1) is 28.0. The maximum Gasteiger partial charge on any atom is 0.0788 e. The predicted molar refractivity (Wildman–Crippen MR) is 215 cm³/mol. The lowest BCUT2D eigenvalue weighted by molar-refractivity contribution is 1.15. The van der Waals surface area contributed by atoms with Crippen molar-refractivity contribution in [2.45, 2.75) is 0 Å². The average molecular weight is 650 g/mol. The highest BCUT2D eigenvalue weighted by Gasteiger charge is 2.23. The normalized spacial score (nSPS) is 11.9. The molecule has 3 aromatic heterocycles. The molecule has 0 bridgehead atoms. The Bertz CT molecular complexity index is 3090. The van der Waals surface area contributed by atoms with Crippen molar-refractivity contribution in [1.82, 2.24) is 13.7 Å². The quantitative estimate of drug-likeness (QED) is 0.180. The average Bonchev–Trinajstić information content (AvgIpc) is 3.83. The highest BCUT2D eigenvalue weighted by atomic mass is 15.0. The maximum atomic E-state index is 2.49. The lowest BCUT2D eigenvalue weighted by atomic mass is 10.1. The molecular weight excluding hydrogens is 619 g/mol. The zero-order valence-electron chi connectivity index (χ0n) is 27.7. The molecule has 11 aromatic rings. The van der Waals surface area contributed by atoms with Crippen molar-refractivity contribution < 1.29 is 0 Å². The number of aromatic nitrogens is 3. The topological polar surface area (TPSA) is 14.8 Å². The summed E-state index contributed by atoms with van der Waals surface area (Å²) in [7, 11) is 0. The van der Waals surface area contributed by atoms with Crippen LogP contribution in [0.1, 0.15) is 0 Å². The minimum atomic E-state index is 1.15. The first-order valence-electron chi connectivity index (χ1n) is 17.5. The number of benzene rings is 8. The van der Waals surface area contributed by atoms with Gasteiger partial charge in [-0.1, -0.05) is 127 Å². The Labute approximate surface area is 294 Å². The molecule has 11 rings (SSSR count). The molecule has 0 aliphatic carbocycles. The second kappa shape index (κ2) is 10.8. The molecule has 0 atom stereocenters. The van der Waals surface area contributed by atoms with Crippen molar-refractivity contribution in [3.8, 4) is 28.2 Å². The summed E-state index contributed by atoms with van der Waals surface area (Å²) in [6.07, 6.45) is 0. The molecule has 0 amide bonds. The van der Waals surface area contributed by atoms with Gasteiger partial charge in [0.2, 0.25) is 0 Å². The largest absolute Gasteiger partial charge is 0.309 e. The Balaban J connectivity index is 1.29. The Morgan fingerprint density at radius 1 is 0.235 bits per heavy atom. The van der Waals surface area contributed by atoms with E-state index in [0.717, 1.165) is 17.1 Å². The van der Waals surface area contributed by atoms with Gasteiger partial charge in [0, 0.05) is 49.4 Å². The minimum absolute atomic E-state index is 1.15. The number of nitrogens with zero attached hydrogens (tertiary/aromatic N) is 3. The zero-order chi connectivity index (χ0) is 33.5. The first-order chi connectivity index (χ1) is 25.3. The second-order valence-corrected chi connectivity index (χ2v) is 13.4. The standard InChI is InChI=1S/C48H31N3/c1-4-14-32(15-5-1)33-24-26-36(27-25-33)49-43-22-12-11-21-38(43)41-30-46-42(31-45(41)49)40-29-28-39-37-20-10-13-23-44(37)50(34-16-6-2-7-17-34)47(39)48(40)51(46)35-18-8-3-9-19-35/h1-31H. The summed E-state index contributed by atoms with van der Waals surface area (Å²) < 4.78 is 7.38. The van der Waals surface area contributed by atoms with Gasteiger partial charge in [-0.25, -0.2) is 0 Å². The molecule has 0 N–H and O–H groups in total. The van der Waals surface area contributed by atoms with Gasteiger partial charge in [0.1, 0.15) is 0 Å². The van der Waals surface area contributed by atoms with E-state index in [1.807, 2.05) is 0 Å². The van der Waals surface area contributed by atoms with Crippen LogP contribution in [0.4, 0.5) is 0 Å². The van der Waals surface area contributed by atoms with Crippen LogP contribution in [0.3, 0.4) is 0 Å². The number of fused-ring (bicyclic) bond motifs is 10. The summed E-state index contributed by atoms with van der Waals surface area (Å²) in [6, 6.07) is 68.4. The Kier molecular flexibility index (Phi) is 5.96. The van der Waals surface area contributed by atoms with Crippen molar-refractivity contribution in [2.75, 3.05) is 0 Å². The minimum Gasteiger partial charge on any atom is -0.309 e. The van der Waals surface area contributed by atoms with Gasteiger partial charge in [-0.3, -0.25) is 0 Å². The fraction of sp³-hybridized carbons (Fsp3) is 0. The molecule has 0 fully saturated rings. The first-order valence-corrected chi connectivity index (χ1v) is 17.5. The van der Waals surface area contributed by atoms with Crippen LogP contribution in [0.25, 0.3) is 93.6 Å². The molecule has 3 heteroatoms. The van der Waals surface area contributed by atoms with Crippen LogP contribution >= 0.6 is 0 Å². The molecule has 0 unspecified atom stereocenters. The fourth-order valence-electron chi connectivity index (χ4n) is 8.41. The van der Waals surface area contributed by atoms with Gasteiger partial charge in [0.15, 0.2) is 0 Å². The third kappa shape index (κ3) is 4.06. The van der Waals surface area contributed by atoms with Gasteiger partial charge in [0.05, 0.1) is 33.1 Å². The summed E-state index contributed by atoms with van der Waals surface area (Å²) in [5.41, 5.74) is 13.1. The summed E-state index contributed by atoms with van der Waals surface area (Å²) in [6.45, 7) is 0. The van der Waals surface area contributed by atoms with Crippen molar-refractivity contribution in [1.29, 1.82) is 0 Å². The summed E-state index contributed by atoms with van der Waals surface area (Å²) in [5.74, 6) is 0. The van der Waals surface area contributed by atoms with Crippen LogP contribution in [-0.4, -0.2) is 13.7 Å². The van der Waals surface area contributed by atoms with Crippen LogP contribution in [0.5, 0.6) is 0 Å². The van der Waals surface area contributed by atoms with Gasteiger partial charge in [-0.2, -0.15) is 0 Å². The summed E-state index contributed by atoms with van der Waals surface area (Å²) >= 11 is 0. The highest BCUT2D eigenvalue weighted by Crippen LogP contribution is 2.44. The van der Waals surface area contributed by atoms with E-state index in [9.17, 15) is 0 Å². The highest BCUT2D eigenvalue weighted by molar-refractivity contribution is 6.26. The molecular formula is C48H31N3. The van der Waals surface area contributed by atoms with Crippen LogP contribution in [-0.2, 0) is 0 Å². The van der Waals surface area contributed by atoms with E-state index in [1.165, 1.54) is 76.5 Å². The maximum absolute atomic E-state index is 2.49. The molecule has 0 radical (unpaired) electrons. The van der Waals surface area contributed by atoms with Gasteiger partial charge >= 0.3 is 0 Å². The Morgan fingerprint density at radius 2 is 0.627 bits per heavy atom. The smallest absolute Gasteiger partial charge is 0.0788 e. The molecule has 3 heterocycles. The summed E-state index contributed by atoms with van der Waals surface area (Å²) in [4.78, 5) is 0. The Morgan fingerprint density at radius 3 is 1.24 bits per heavy atom. The van der Waals surface area contributed by atoms with E-state index >= 15 is 0 Å². The van der Waals surface area contributed by atoms with E-state index in [1.54, 1.807) is 0 Å². The van der Waals surface area contributed by atoms with Crippen molar-refractivity contribution >= 4 is 65.4 Å². The number of rotatable bonds is 4. The third-order valence-electron chi connectivity index (χ3n) is 10.6. The Hall–Kier alpha value is -6.84. The van der Waals surface area contributed by atoms with E-state index in [2.05, 4.69) is 202 Å². The number of para-hydroxylation sites is 4. The molecule has 0 saturated heterocycles. The van der Waals surface area contributed by atoms with Crippen molar-refractivity contribution in [2.24, 2.45) is 0 Å². The molecule has 0 saturated carbocycles. The molecule has 8 aromatic carbocycles. The summed E-state index contributed by atoms with van der Waals surface area (Å²) in [5, 5.41) is 7.46. The monoisotopic (exact) mass is 649 g/mol. The predicted octanol–water partition coefficient (Wildman–Crippen LogP) is 12.6. The van der Waals surface area contributed by atoms with Gasteiger partial charge in [0.25, 0.3) is 0 Å². The number of hydrogen-bond donors (Lipinski definition) is 0. The second-order valence-electron chi connectivity index (χ2n) is 13.4. The molecule has 0 aliphatic rings. The van der Waals surface area contributed by atoms with Crippen molar-refractivity contribution in [3.63, 3.8) is 0 Å². The lowest BCUT2D eigenvalue weighted by Gasteiger charge is -2.12. The van der Waals surface area contributed by atoms with E-state index < -0.39 is 0 Å². The SMILES string of the molecule is c1ccc(-c2ccc(-n3c4ccccc4c4cc5c(cc43)c3ccc4c6ccccc6n(-c6ccccc6)c4c3n5-c3ccccc3)cc2)cc1. The van der Waals surface area contributed by atoms with Crippen LogP contribution in [0.2, 0.25) is 0 Å². The van der Waals surface area contributed by atoms with E-state index in [-0.39, 0.29) is 0 Å².